The minimum Gasteiger partial charge on any atom is -0.381 e. The van der Waals surface area contributed by atoms with Crippen molar-refractivity contribution in [1.29, 1.82) is 0 Å². The number of hydrogen-bond donors (Lipinski definition) is 0. The van der Waals surface area contributed by atoms with Gasteiger partial charge in [-0.2, -0.15) is 0 Å². The van der Waals surface area contributed by atoms with Crippen LogP contribution in [0.25, 0.3) is 0 Å². The first-order valence-electron chi connectivity index (χ1n) is 6.24. The van der Waals surface area contributed by atoms with Crippen LogP contribution in [0.5, 0.6) is 0 Å². The maximum Gasteiger partial charge on any atom is 0.152 e. The number of anilines is 1. The minimum absolute atomic E-state index is 0.375. The molecule has 0 amide bonds. The van der Waals surface area contributed by atoms with Crippen LogP contribution in [0.15, 0.2) is 18.2 Å². The van der Waals surface area contributed by atoms with Gasteiger partial charge >= 0.3 is 0 Å². The lowest BCUT2D eigenvalue weighted by Gasteiger charge is -2.29. The lowest BCUT2D eigenvalue weighted by molar-refractivity contribution is 0.0685. The average molecular weight is 251 g/mol. The number of aldehydes is 1. The van der Waals surface area contributed by atoms with Crippen molar-refractivity contribution in [3.8, 4) is 0 Å². The topological polar surface area (TPSA) is 29.5 Å². The first-order chi connectivity index (χ1) is 8.70. The number of ether oxygens (including phenoxy) is 1. The Labute approximate surface area is 107 Å². The summed E-state index contributed by atoms with van der Waals surface area (Å²) in [5, 5.41) is 0. The Balaban J connectivity index is 2.07. The number of hydrogen-bond acceptors (Lipinski definition) is 3. The standard InChI is InChI=1S/C14H18FNO2/c1-16(9-11-4-6-18-7-5-11)14-3-2-13(15)8-12(14)10-17/h2-3,8,10-11H,4-7,9H2,1H3. The molecule has 98 valence electrons. The van der Waals surface area contributed by atoms with Crippen LogP contribution in [0.3, 0.4) is 0 Å². The van der Waals surface area contributed by atoms with Gasteiger partial charge < -0.3 is 9.64 Å². The molecule has 18 heavy (non-hydrogen) atoms. The van der Waals surface area contributed by atoms with E-state index in [0.29, 0.717) is 17.8 Å². The summed E-state index contributed by atoms with van der Waals surface area (Å²) >= 11 is 0. The highest BCUT2D eigenvalue weighted by molar-refractivity contribution is 5.84. The molecule has 0 aromatic heterocycles. The normalized spacial score (nSPS) is 16.6. The Morgan fingerprint density at radius 1 is 1.44 bits per heavy atom. The van der Waals surface area contributed by atoms with Gasteiger partial charge in [0, 0.05) is 38.1 Å². The molecule has 1 fully saturated rings. The van der Waals surface area contributed by atoms with Crippen LogP contribution < -0.4 is 4.90 Å². The van der Waals surface area contributed by atoms with Gasteiger partial charge in [-0.25, -0.2) is 4.39 Å². The SMILES string of the molecule is CN(CC1CCOCC1)c1ccc(F)cc1C=O. The van der Waals surface area contributed by atoms with Crippen molar-refractivity contribution < 1.29 is 13.9 Å². The molecule has 1 heterocycles. The van der Waals surface area contributed by atoms with Crippen LogP contribution in [0.2, 0.25) is 0 Å². The Morgan fingerprint density at radius 2 is 2.17 bits per heavy atom. The molecule has 1 aliphatic rings. The van der Waals surface area contributed by atoms with Crippen LogP contribution in [0.4, 0.5) is 10.1 Å². The molecule has 2 rings (SSSR count). The lowest BCUT2D eigenvalue weighted by atomic mass is 9.99. The Hall–Kier alpha value is -1.42. The van der Waals surface area contributed by atoms with Gasteiger partial charge in [0.05, 0.1) is 0 Å². The van der Waals surface area contributed by atoms with Gasteiger partial charge in [0.25, 0.3) is 0 Å². The van der Waals surface area contributed by atoms with Gasteiger partial charge in [-0.05, 0) is 37.0 Å². The van der Waals surface area contributed by atoms with Gasteiger partial charge in [-0.3, -0.25) is 4.79 Å². The molecule has 1 saturated heterocycles. The van der Waals surface area contributed by atoms with E-state index in [0.717, 1.165) is 38.3 Å². The fourth-order valence-corrected chi connectivity index (χ4v) is 2.38. The fourth-order valence-electron chi connectivity index (χ4n) is 2.38. The summed E-state index contributed by atoms with van der Waals surface area (Å²) in [5.74, 6) is 0.202. The van der Waals surface area contributed by atoms with E-state index >= 15 is 0 Å². The van der Waals surface area contributed by atoms with Crippen molar-refractivity contribution in [2.45, 2.75) is 12.8 Å². The molecule has 0 N–H and O–H groups in total. The summed E-state index contributed by atoms with van der Waals surface area (Å²) in [6.45, 7) is 2.49. The Kier molecular flexibility index (Phi) is 4.31. The van der Waals surface area contributed by atoms with Crippen LogP contribution >= 0.6 is 0 Å². The van der Waals surface area contributed by atoms with Gasteiger partial charge in [0.1, 0.15) is 5.82 Å². The van der Waals surface area contributed by atoms with Crippen molar-refractivity contribution in [3.63, 3.8) is 0 Å². The van der Waals surface area contributed by atoms with Gasteiger partial charge in [-0.15, -0.1) is 0 Å². The van der Waals surface area contributed by atoms with E-state index in [4.69, 9.17) is 4.74 Å². The lowest BCUT2D eigenvalue weighted by Crippen LogP contribution is -2.30. The summed E-state index contributed by atoms with van der Waals surface area (Å²) in [4.78, 5) is 13.0. The molecule has 0 bridgehead atoms. The third-order valence-electron chi connectivity index (χ3n) is 3.40. The molecular weight excluding hydrogens is 233 g/mol. The average Bonchev–Trinajstić information content (AvgIpc) is 2.39. The highest BCUT2D eigenvalue weighted by atomic mass is 19.1. The van der Waals surface area contributed by atoms with E-state index in [1.165, 1.54) is 12.1 Å². The zero-order valence-corrected chi connectivity index (χ0v) is 10.6. The molecule has 3 nitrogen and oxygen atoms in total. The molecule has 4 heteroatoms. The number of halogens is 1. The second kappa shape index (κ2) is 5.96. The number of carbonyl (C=O) groups excluding carboxylic acids is 1. The summed E-state index contributed by atoms with van der Waals surface area (Å²) in [5.41, 5.74) is 1.20. The van der Waals surface area contributed by atoms with Crippen molar-refractivity contribution in [2.75, 3.05) is 31.7 Å². The van der Waals surface area contributed by atoms with E-state index in [9.17, 15) is 9.18 Å². The van der Waals surface area contributed by atoms with Crippen LogP contribution in [0, 0.1) is 11.7 Å². The van der Waals surface area contributed by atoms with E-state index in [2.05, 4.69) is 0 Å². The van der Waals surface area contributed by atoms with Gasteiger partial charge in [0.15, 0.2) is 6.29 Å². The van der Waals surface area contributed by atoms with Gasteiger partial charge in [-0.1, -0.05) is 0 Å². The van der Waals surface area contributed by atoms with Crippen molar-refractivity contribution in [3.05, 3.63) is 29.6 Å². The summed E-state index contributed by atoms with van der Waals surface area (Å²) in [6.07, 6.45) is 2.79. The molecule has 1 aromatic rings. The maximum atomic E-state index is 13.1. The molecule has 0 unspecified atom stereocenters. The molecule has 0 atom stereocenters. The zero-order chi connectivity index (χ0) is 13.0. The van der Waals surface area contributed by atoms with Crippen molar-refractivity contribution in [2.24, 2.45) is 5.92 Å². The third-order valence-corrected chi connectivity index (χ3v) is 3.40. The predicted octanol–water partition coefficient (Wildman–Crippen LogP) is 2.50. The second-order valence-electron chi connectivity index (χ2n) is 4.76. The van der Waals surface area contributed by atoms with E-state index in [1.807, 2.05) is 11.9 Å². The molecule has 1 aromatic carbocycles. The van der Waals surface area contributed by atoms with Crippen LogP contribution in [-0.4, -0.2) is 33.1 Å². The van der Waals surface area contributed by atoms with Crippen LogP contribution in [0.1, 0.15) is 23.2 Å². The maximum absolute atomic E-state index is 13.1. The Bertz CT molecular complexity index is 416. The summed E-state index contributed by atoms with van der Waals surface area (Å²) in [7, 11) is 1.94. The molecule has 1 aliphatic heterocycles. The summed E-state index contributed by atoms with van der Waals surface area (Å²) in [6, 6.07) is 4.34. The highest BCUT2D eigenvalue weighted by Gasteiger charge is 2.17. The molecule has 0 saturated carbocycles. The first-order valence-corrected chi connectivity index (χ1v) is 6.24. The Morgan fingerprint density at radius 3 is 2.83 bits per heavy atom. The molecule has 0 spiro atoms. The number of rotatable bonds is 4. The third kappa shape index (κ3) is 3.07. The second-order valence-corrected chi connectivity index (χ2v) is 4.76. The van der Waals surface area contributed by atoms with Crippen molar-refractivity contribution >= 4 is 12.0 Å². The quantitative estimate of drug-likeness (QED) is 0.770. The molecular formula is C14H18FNO2. The number of benzene rings is 1. The highest BCUT2D eigenvalue weighted by Crippen LogP contribution is 2.23. The zero-order valence-electron chi connectivity index (χ0n) is 10.6. The fraction of sp³-hybridized carbons (Fsp3) is 0.500. The van der Waals surface area contributed by atoms with Crippen LogP contribution in [-0.2, 0) is 4.74 Å². The van der Waals surface area contributed by atoms with Crippen molar-refractivity contribution in [1.82, 2.24) is 0 Å². The number of nitrogens with zero attached hydrogens (tertiary/aromatic N) is 1. The van der Waals surface area contributed by atoms with Gasteiger partial charge in [0.2, 0.25) is 0 Å². The van der Waals surface area contributed by atoms with E-state index < -0.39 is 0 Å². The smallest absolute Gasteiger partial charge is 0.152 e. The number of carbonyl (C=O) groups is 1. The monoisotopic (exact) mass is 251 g/mol. The predicted molar refractivity (Wildman–Crippen MR) is 68.6 cm³/mol. The van der Waals surface area contributed by atoms with E-state index in [1.54, 1.807) is 6.07 Å². The first kappa shape index (κ1) is 13.0. The van der Waals surface area contributed by atoms with E-state index in [-0.39, 0.29) is 5.82 Å². The largest absolute Gasteiger partial charge is 0.381 e. The minimum atomic E-state index is -0.375. The molecule has 0 radical (unpaired) electrons. The summed E-state index contributed by atoms with van der Waals surface area (Å²) < 4.78 is 18.4. The molecule has 0 aliphatic carbocycles.